The van der Waals surface area contributed by atoms with Crippen LogP contribution in [0.5, 0.6) is 0 Å². The number of carbonyl (C=O) groups excluding carboxylic acids is 1. The molecule has 1 saturated heterocycles. The number of carbonyl (C=O) groups is 1. The Balaban J connectivity index is 1.68. The first-order chi connectivity index (χ1) is 14.3. The van der Waals surface area contributed by atoms with E-state index in [1.54, 1.807) is 0 Å². The molecule has 0 saturated carbocycles. The van der Waals surface area contributed by atoms with E-state index in [1.807, 2.05) is 71.6 Å². The zero-order valence-electron chi connectivity index (χ0n) is 17.0. The van der Waals surface area contributed by atoms with Gasteiger partial charge in [0.25, 0.3) is 0 Å². The summed E-state index contributed by atoms with van der Waals surface area (Å²) in [5.74, 6) is 0.0475. The molecule has 0 unspecified atom stereocenters. The lowest BCUT2D eigenvalue weighted by molar-refractivity contribution is -0.119. The predicted octanol–water partition coefficient (Wildman–Crippen LogP) is 6.36. The van der Waals surface area contributed by atoms with E-state index in [0.29, 0.717) is 16.5 Å². The predicted molar refractivity (Wildman–Crippen MR) is 124 cm³/mol. The molecule has 4 rings (SSSR count). The highest BCUT2D eigenvalue weighted by Crippen LogP contribution is 2.39. The van der Waals surface area contributed by atoms with Crippen LogP contribution in [0.25, 0.3) is 0 Å². The third-order valence-electron chi connectivity index (χ3n) is 5.67. The van der Waals surface area contributed by atoms with E-state index in [-0.39, 0.29) is 23.5 Å². The van der Waals surface area contributed by atoms with Crippen molar-refractivity contribution in [3.05, 3.63) is 100 Å². The molecule has 5 heteroatoms. The smallest absolute Gasteiger partial charge is 0.244 e. The van der Waals surface area contributed by atoms with Crippen LogP contribution in [-0.2, 0) is 10.3 Å². The summed E-state index contributed by atoms with van der Waals surface area (Å²) in [4.78, 5) is 15.4. The van der Waals surface area contributed by atoms with Gasteiger partial charge < -0.3 is 4.90 Å². The van der Waals surface area contributed by atoms with Crippen LogP contribution in [0.1, 0.15) is 37.4 Å². The van der Waals surface area contributed by atoms with Crippen molar-refractivity contribution in [1.29, 1.82) is 0 Å². The normalized spacial score (nSPS) is 19.3. The Morgan fingerprint density at radius 3 is 2.27 bits per heavy atom. The van der Waals surface area contributed by atoms with Gasteiger partial charge in [0, 0.05) is 21.3 Å². The number of hydrogen-bond donors (Lipinski definition) is 1. The first-order valence-corrected chi connectivity index (χ1v) is 10.8. The number of benzene rings is 3. The average Bonchev–Trinajstić information content (AvgIpc) is 3.05. The van der Waals surface area contributed by atoms with Gasteiger partial charge in [-0.25, -0.2) is 0 Å². The van der Waals surface area contributed by atoms with Crippen molar-refractivity contribution in [3.8, 4) is 0 Å². The van der Waals surface area contributed by atoms with Crippen molar-refractivity contribution in [3.63, 3.8) is 0 Å². The summed E-state index contributed by atoms with van der Waals surface area (Å²) in [5, 5.41) is 4.90. The van der Waals surface area contributed by atoms with E-state index >= 15 is 0 Å². The minimum atomic E-state index is -0.351. The molecule has 154 valence electrons. The summed E-state index contributed by atoms with van der Waals surface area (Å²) in [6.07, 6.45) is 0.651. The first-order valence-electron chi connectivity index (χ1n) is 10.0. The average molecular weight is 439 g/mol. The lowest BCUT2D eigenvalue weighted by atomic mass is 9.92. The van der Waals surface area contributed by atoms with E-state index in [0.717, 1.165) is 16.8 Å². The summed E-state index contributed by atoms with van der Waals surface area (Å²) in [5.41, 5.74) is 2.64. The molecule has 1 aliphatic rings. The summed E-state index contributed by atoms with van der Waals surface area (Å²) >= 11 is 12.3. The molecule has 2 atom stereocenters. The number of nitrogens with zero attached hydrogens (tertiary/aromatic N) is 1. The second-order valence-electron chi connectivity index (χ2n) is 8.18. The fraction of sp³-hybridized carbons (Fsp3) is 0.240. The van der Waals surface area contributed by atoms with Gasteiger partial charge in [0.05, 0.1) is 12.1 Å². The van der Waals surface area contributed by atoms with Gasteiger partial charge in [-0.3, -0.25) is 10.1 Å². The van der Waals surface area contributed by atoms with Crippen LogP contribution in [0, 0.1) is 0 Å². The molecule has 3 aromatic carbocycles. The molecule has 0 aromatic heterocycles. The van der Waals surface area contributed by atoms with Crippen LogP contribution in [0.3, 0.4) is 0 Å². The zero-order valence-corrected chi connectivity index (χ0v) is 18.5. The Kier molecular flexibility index (Phi) is 5.88. The molecule has 30 heavy (non-hydrogen) atoms. The van der Waals surface area contributed by atoms with Crippen molar-refractivity contribution in [2.75, 3.05) is 4.90 Å². The van der Waals surface area contributed by atoms with E-state index in [1.165, 1.54) is 0 Å². The highest BCUT2D eigenvalue weighted by molar-refractivity contribution is 6.31. The van der Waals surface area contributed by atoms with Crippen LogP contribution in [-0.4, -0.2) is 11.9 Å². The molecule has 0 aliphatic carbocycles. The Morgan fingerprint density at radius 2 is 1.60 bits per heavy atom. The second kappa shape index (κ2) is 8.43. The highest BCUT2D eigenvalue weighted by atomic mass is 35.5. The number of rotatable bonds is 5. The lowest BCUT2D eigenvalue weighted by Gasteiger charge is -2.30. The Labute approximate surface area is 187 Å². The summed E-state index contributed by atoms with van der Waals surface area (Å²) < 4.78 is 0. The fourth-order valence-corrected chi connectivity index (χ4v) is 4.48. The lowest BCUT2D eigenvalue weighted by Crippen LogP contribution is -2.47. The van der Waals surface area contributed by atoms with Crippen molar-refractivity contribution in [2.45, 2.75) is 37.9 Å². The van der Waals surface area contributed by atoms with E-state index < -0.39 is 0 Å². The van der Waals surface area contributed by atoms with Crippen molar-refractivity contribution >= 4 is 34.8 Å². The molecular formula is C25H24Cl2N2O. The maximum Gasteiger partial charge on any atom is 0.244 e. The van der Waals surface area contributed by atoms with E-state index in [2.05, 4.69) is 31.3 Å². The molecule has 1 amide bonds. The van der Waals surface area contributed by atoms with Crippen molar-refractivity contribution in [1.82, 2.24) is 5.32 Å². The van der Waals surface area contributed by atoms with Gasteiger partial charge in [-0.15, -0.1) is 0 Å². The van der Waals surface area contributed by atoms with Gasteiger partial charge in [-0.2, -0.15) is 0 Å². The minimum absolute atomic E-state index is 0.0475. The SMILES string of the molecule is CC(C)(N[C@@H]1C[C@H](c2cccc(Cl)c2)N(c2ccc(Cl)cc2)C1=O)c1ccccc1. The topological polar surface area (TPSA) is 32.3 Å². The molecule has 0 radical (unpaired) electrons. The molecule has 0 bridgehead atoms. The molecule has 1 fully saturated rings. The van der Waals surface area contributed by atoms with Crippen LogP contribution >= 0.6 is 23.2 Å². The van der Waals surface area contributed by atoms with E-state index in [9.17, 15) is 4.79 Å². The van der Waals surface area contributed by atoms with Gasteiger partial charge in [-0.1, -0.05) is 65.7 Å². The maximum absolute atomic E-state index is 13.6. The second-order valence-corrected chi connectivity index (χ2v) is 9.05. The number of halogens is 2. The number of nitrogens with one attached hydrogen (secondary N) is 1. The summed E-state index contributed by atoms with van der Waals surface area (Å²) in [7, 11) is 0. The number of anilines is 1. The quantitative estimate of drug-likeness (QED) is 0.501. The third-order valence-corrected chi connectivity index (χ3v) is 6.16. The molecule has 0 spiro atoms. The maximum atomic E-state index is 13.6. The van der Waals surface area contributed by atoms with Crippen LogP contribution in [0.15, 0.2) is 78.9 Å². The van der Waals surface area contributed by atoms with Crippen LogP contribution in [0.4, 0.5) is 5.69 Å². The zero-order chi connectivity index (χ0) is 21.3. The monoisotopic (exact) mass is 438 g/mol. The van der Waals surface area contributed by atoms with Crippen molar-refractivity contribution in [2.24, 2.45) is 0 Å². The fourth-order valence-electron chi connectivity index (χ4n) is 4.15. The van der Waals surface area contributed by atoms with Gasteiger partial charge in [0.2, 0.25) is 5.91 Å². The molecule has 1 aliphatic heterocycles. The summed E-state index contributed by atoms with van der Waals surface area (Å²) in [6, 6.07) is 24.9. The van der Waals surface area contributed by atoms with Crippen molar-refractivity contribution < 1.29 is 4.79 Å². The Bertz CT molecular complexity index is 1030. The third kappa shape index (κ3) is 4.24. The van der Waals surface area contributed by atoms with E-state index in [4.69, 9.17) is 23.2 Å². The standard InChI is InChI=1S/C25H24Cl2N2O/c1-25(2,18-8-4-3-5-9-18)28-22-16-23(17-7-6-10-20(27)15-17)29(24(22)30)21-13-11-19(26)12-14-21/h3-15,22-23,28H,16H2,1-2H3/t22-,23-/m1/s1. The van der Waals surface area contributed by atoms with Gasteiger partial charge in [0.15, 0.2) is 0 Å². The number of amides is 1. The van der Waals surface area contributed by atoms with Crippen LogP contribution < -0.4 is 10.2 Å². The largest absolute Gasteiger partial charge is 0.304 e. The molecule has 3 nitrogen and oxygen atoms in total. The molecule has 1 N–H and O–H groups in total. The van der Waals surface area contributed by atoms with Gasteiger partial charge >= 0.3 is 0 Å². The minimum Gasteiger partial charge on any atom is -0.304 e. The number of hydrogen-bond acceptors (Lipinski definition) is 2. The Hall–Kier alpha value is -2.33. The summed E-state index contributed by atoms with van der Waals surface area (Å²) in [6.45, 7) is 4.21. The highest BCUT2D eigenvalue weighted by Gasteiger charge is 2.43. The van der Waals surface area contributed by atoms with Gasteiger partial charge in [0.1, 0.15) is 0 Å². The molecule has 1 heterocycles. The van der Waals surface area contributed by atoms with Gasteiger partial charge in [-0.05, 0) is 67.8 Å². The van der Waals surface area contributed by atoms with Crippen LogP contribution in [0.2, 0.25) is 10.0 Å². The molecule has 3 aromatic rings. The first kappa shape index (κ1) is 20.9. The Morgan fingerprint density at radius 1 is 0.900 bits per heavy atom. The molecular weight excluding hydrogens is 415 g/mol.